The summed E-state index contributed by atoms with van der Waals surface area (Å²) in [5.74, 6) is -0.908. The number of benzene rings is 1. The maximum Gasteiger partial charge on any atom is 0.339 e. The number of nitrogens with zero attached hydrogens (tertiary/aromatic N) is 2. The zero-order valence-corrected chi connectivity index (χ0v) is 27.8. The van der Waals surface area contributed by atoms with E-state index in [-0.39, 0.29) is 11.1 Å². The summed E-state index contributed by atoms with van der Waals surface area (Å²) in [5, 5.41) is 0. The van der Waals surface area contributed by atoms with Gasteiger partial charge in [0.15, 0.2) is 0 Å². The zero-order valence-electron chi connectivity index (χ0n) is 27.8. The highest BCUT2D eigenvalue weighted by molar-refractivity contribution is 6.03. The first-order chi connectivity index (χ1) is 20.6. The van der Waals surface area contributed by atoms with Gasteiger partial charge in [0.2, 0.25) is 0 Å². The van der Waals surface area contributed by atoms with Crippen LogP contribution in [0.1, 0.15) is 151 Å². The molecule has 0 aliphatic carbocycles. The predicted octanol–water partition coefficient (Wildman–Crippen LogP) is 8.93. The molecule has 0 aliphatic heterocycles. The summed E-state index contributed by atoms with van der Waals surface area (Å²) in [5.41, 5.74) is 0.569. The molecule has 0 N–H and O–H groups in total. The van der Waals surface area contributed by atoms with E-state index in [0.29, 0.717) is 13.2 Å². The highest BCUT2D eigenvalue weighted by Gasteiger charge is 2.19. The normalized spacial score (nSPS) is 11.4. The van der Waals surface area contributed by atoms with Gasteiger partial charge in [-0.15, -0.1) is 0 Å². The molecule has 0 spiro atoms. The molecule has 0 aliphatic rings. The summed E-state index contributed by atoms with van der Waals surface area (Å²) >= 11 is 0. The van der Waals surface area contributed by atoms with Crippen molar-refractivity contribution in [2.75, 3.05) is 52.5 Å². The molecule has 6 nitrogen and oxygen atoms in total. The largest absolute Gasteiger partial charge is 0.462 e. The Labute approximate surface area is 258 Å². The summed E-state index contributed by atoms with van der Waals surface area (Å²) in [6, 6.07) is 6.83. The number of hydrogen-bond acceptors (Lipinski definition) is 6. The predicted molar refractivity (Wildman–Crippen MR) is 176 cm³/mol. The van der Waals surface area contributed by atoms with E-state index in [1.54, 1.807) is 24.3 Å². The maximum atomic E-state index is 12.8. The van der Waals surface area contributed by atoms with Gasteiger partial charge in [-0.1, -0.05) is 117 Å². The molecule has 0 amide bonds. The molecule has 0 fully saturated rings. The van der Waals surface area contributed by atoms with Crippen LogP contribution in [-0.2, 0) is 9.47 Å². The molecule has 1 rings (SSSR count). The standard InChI is InChI=1S/C36H64N2O4/c1-5-9-11-13-15-17-21-27-37(7-3)29-23-31-41-35(39)33-25-19-20-26-34(33)36(40)42-32-24-30-38(8-4)28-22-18-16-14-12-10-6-2/h19-20,25-26H,5-18,21-24,27-32H2,1-4H3. The van der Waals surface area contributed by atoms with Crippen LogP contribution in [-0.4, -0.2) is 74.2 Å². The quantitative estimate of drug-likeness (QED) is 0.0719. The molecule has 0 bridgehead atoms. The molecule has 0 radical (unpaired) electrons. The van der Waals surface area contributed by atoms with E-state index in [1.165, 1.54) is 89.9 Å². The van der Waals surface area contributed by atoms with Gasteiger partial charge in [-0.2, -0.15) is 0 Å². The summed E-state index contributed by atoms with van der Waals surface area (Å²) in [7, 11) is 0. The molecule has 0 aromatic heterocycles. The minimum Gasteiger partial charge on any atom is -0.462 e. The van der Waals surface area contributed by atoms with Gasteiger partial charge in [0.25, 0.3) is 0 Å². The molecular formula is C36H64N2O4. The average Bonchev–Trinajstić information content (AvgIpc) is 3.01. The number of rotatable bonds is 28. The fraction of sp³-hybridized carbons (Fsp3) is 0.778. The number of ether oxygens (including phenoxy) is 2. The average molecular weight is 589 g/mol. The lowest BCUT2D eigenvalue weighted by Gasteiger charge is -2.20. The molecule has 1 aromatic carbocycles. The minimum atomic E-state index is -0.454. The van der Waals surface area contributed by atoms with Crippen LogP contribution in [0.3, 0.4) is 0 Å². The molecule has 0 saturated heterocycles. The van der Waals surface area contributed by atoms with Gasteiger partial charge in [-0.3, -0.25) is 0 Å². The van der Waals surface area contributed by atoms with Crippen molar-refractivity contribution in [2.24, 2.45) is 0 Å². The second-order valence-electron chi connectivity index (χ2n) is 11.6. The Morgan fingerprint density at radius 3 is 1.19 bits per heavy atom. The SMILES string of the molecule is CCCCCCCCCN(CC)CCCOC(=O)c1ccccc1C(=O)OCCCN(CC)CCCCCCCCC. The van der Waals surface area contributed by atoms with Crippen LogP contribution in [0.5, 0.6) is 0 Å². The van der Waals surface area contributed by atoms with Gasteiger partial charge >= 0.3 is 11.9 Å². The van der Waals surface area contributed by atoms with Gasteiger partial charge in [-0.05, 0) is 64.0 Å². The fourth-order valence-corrected chi connectivity index (χ4v) is 5.34. The van der Waals surface area contributed by atoms with Gasteiger partial charge in [0.1, 0.15) is 0 Å². The molecule has 0 saturated carbocycles. The summed E-state index contributed by atoms with van der Waals surface area (Å²) in [6.07, 6.45) is 20.0. The van der Waals surface area contributed by atoms with E-state index in [2.05, 4.69) is 37.5 Å². The van der Waals surface area contributed by atoms with Crippen LogP contribution in [0, 0.1) is 0 Å². The Bertz CT molecular complexity index is 735. The number of unbranched alkanes of at least 4 members (excludes halogenated alkanes) is 12. The van der Waals surface area contributed by atoms with Gasteiger partial charge in [-0.25, -0.2) is 9.59 Å². The fourth-order valence-electron chi connectivity index (χ4n) is 5.34. The van der Waals surface area contributed by atoms with E-state index in [0.717, 1.165) is 52.1 Å². The lowest BCUT2D eigenvalue weighted by atomic mass is 10.1. The van der Waals surface area contributed by atoms with Crippen LogP contribution in [0.25, 0.3) is 0 Å². The molecule has 42 heavy (non-hydrogen) atoms. The summed E-state index contributed by atoms with van der Waals surface area (Å²) in [6.45, 7) is 15.6. The summed E-state index contributed by atoms with van der Waals surface area (Å²) in [4.78, 5) is 30.5. The molecule has 242 valence electrons. The highest BCUT2D eigenvalue weighted by atomic mass is 16.5. The first-order valence-corrected chi connectivity index (χ1v) is 17.4. The molecule has 0 atom stereocenters. The van der Waals surface area contributed by atoms with Gasteiger partial charge in [0, 0.05) is 13.1 Å². The monoisotopic (exact) mass is 588 g/mol. The number of carbonyl (C=O) groups excluding carboxylic acids is 2. The summed E-state index contributed by atoms with van der Waals surface area (Å²) < 4.78 is 11.1. The van der Waals surface area contributed by atoms with Gasteiger partial charge < -0.3 is 19.3 Å². The van der Waals surface area contributed by atoms with Crippen LogP contribution < -0.4 is 0 Å². The van der Waals surface area contributed by atoms with E-state index in [1.807, 2.05) is 0 Å². The third-order valence-electron chi connectivity index (χ3n) is 8.12. The van der Waals surface area contributed by atoms with E-state index in [9.17, 15) is 9.59 Å². The third kappa shape index (κ3) is 18.6. The van der Waals surface area contributed by atoms with Crippen molar-refractivity contribution in [3.63, 3.8) is 0 Å². The van der Waals surface area contributed by atoms with Crippen molar-refractivity contribution in [3.05, 3.63) is 35.4 Å². The zero-order chi connectivity index (χ0) is 30.7. The highest BCUT2D eigenvalue weighted by Crippen LogP contribution is 2.13. The van der Waals surface area contributed by atoms with E-state index >= 15 is 0 Å². The first kappa shape index (κ1) is 38.1. The Kier molecular flexibility index (Phi) is 24.2. The van der Waals surface area contributed by atoms with Crippen molar-refractivity contribution < 1.29 is 19.1 Å². The Morgan fingerprint density at radius 1 is 0.500 bits per heavy atom. The number of esters is 2. The number of hydrogen-bond donors (Lipinski definition) is 0. The Hall–Kier alpha value is -1.92. The second kappa shape index (κ2) is 26.7. The molecule has 6 heteroatoms. The lowest BCUT2D eigenvalue weighted by molar-refractivity contribution is 0.0441. The first-order valence-electron chi connectivity index (χ1n) is 17.4. The van der Waals surface area contributed by atoms with Crippen molar-refractivity contribution in [1.82, 2.24) is 9.80 Å². The maximum absolute atomic E-state index is 12.8. The second-order valence-corrected chi connectivity index (χ2v) is 11.6. The van der Waals surface area contributed by atoms with Crippen molar-refractivity contribution in [3.8, 4) is 0 Å². The molecule has 1 aromatic rings. The molecule has 0 heterocycles. The van der Waals surface area contributed by atoms with E-state index in [4.69, 9.17) is 9.47 Å². The van der Waals surface area contributed by atoms with E-state index < -0.39 is 11.9 Å². The minimum absolute atomic E-state index is 0.284. The van der Waals surface area contributed by atoms with Crippen molar-refractivity contribution in [2.45, 2.75) is 130 Å². The van der Waals surface area contributed by atoms with Crippen LogP contribution in [0.15, 0.2) is 24.3 Å². The van der Waals surface area contributed by atoms with Crippen LogP contribution in [0.4, 0.5) is 0 Å². The molecular weight excluding hydrogens is 524 g/mol. The van der Waals surface area contributed by atoms with Crippen LogP contribution >= 0.6 is 0 Å². The van der Waals surface area contributed by atoms with Gasteiger partial charge in [0.05, 0.1) is 24.3 Å². The topological polar surface area (TPSA) is 59.1 Å². The van der Waals surface area contributed by atoms with Crippen molar-refractivity contribution >= 4 is 11.9 Å². The smallest absolute Gasteiger partial charge is 0.339 e. The van der Waals surface area contributed by atoms with Crippen molar-refractivity contribution in [1.29, 1.82) is 0 Å². The Morgan fingerprint density at radius 2 is 0.833 bits per heavy atom. The third-order valence-corrected chi connectivity index (χ3v) is 8.12. The lowest BCUT2D eigenvalue weighted by Crippen LogP contribution is -2.27. The number of carbonyl (C=O) groups is 2. The Balaban J connectivity index is 2.31. The molecule has 0 unspecified atom stereocenters. The van der Waals surface area contributed by atoms with Crippen LogP contribution in [0.2, 0.25) is 0 Å².